The molecule has 1 amide bonds. The van der Waals surface area contributed by atoms with E-state index in [1.54, 1.807) is 48.5 Å². The number of carbonyl (C=O) groups excluding carboxylic acids is 1. The molecule has 0 heterocycles. The minimum atomic E-state index is -1.04. The lowest BCUT2D eigenvalue weighted by atomic mass is 9.95. The largest absolute Gasteiger partial charge is 0.481 e. The highest BCUT2D eigenvalue weighted by molar-refractivity contribution is 9.10. The fourth-order valence-corrected chi connectivity index (χ4v) is 2.73. The molecule has 0 aliphatic rings. The molecular formula is C16H13BrClNO3. The van der Waals surface area contributed by atoms with Crippen LogP contribution in [0.4, 0.5) is 5.69 Å². The summed E-state index contributed by atoms with van der Waals surface area (Å²) in [6, 6.07) is 13.7. The van der Waals surface area contributed by atoms with Gasteiger partial charge in [-0.25, -0.2) is 0 Å². The van der Waals surface area contributed by atoms with Gasteiger partial charge in [0.15, 0.2) is 0 Å². The molecule has 2 aromatic rings. The predicted octanol–water partition coefficient (Wildman–Crippen LogP) is 4.30. The first kappa shape index (κ1) is 16.5. The molecule has 0 aliphatic heterocycles. The van der Waals surface area contributed by atoms with Crippen molar-refractivity contribution >= 4 is 45.1 Å². The van der Waals surface area contributed by atoms with Gasteiger partial charge in [-0.05, 0) is 23.8 Å². The van der Waals surface area contributed by atoms with Crippen LogP contribution in [-0.4, -0.2) is 17.0 Å². The summed E-state index contributed by atoms with van der Waals surface area (Å²) < 4.78 is 0.795. The third kappa shape index (κ3) is 4.32. The average molecular weight is 383 g/mol. The van der Waals surface area contributed by atoms with Crippen LogP contribution >= 0.6 is 27.5 Å². The van der Waals surface area contributed by atoms with Gasteiger partial charge < -0.3 is 10.4 Å². The van der Waals surface area contributed by atoms with Crippen molar-refractivity contribution in [3.05, 3.63) is 63.6 Å². The van der Waals surface area contributed by atoms with E-state index in [-0.39, 0.29) is 6.42 Å². The standard InChI is InChI=1S/C16H13BrClNO3/c17-11-6-7-14(13(18)8-11)19-15(20)9-12(16(21)22)10-4-2-1-3-5-10/h1-8,12H,9H2,(H,19,20)(H,21,22). The SMILES string of the molecule is O=C(CC(C(=O)O)c1ccccc1)Nc1ccc(Br)cc1Cl. The molecule has 2 rings (SSSR count). The molecule has 0 aromatic heterocycles. The van der Waals surface area contributed by atoms with Crippen LogP contribution in [0.15, 0.2) is 53.0 Å². The molecule has 2 aromatic carbocycles. The van der Waals surface area contributed by atoms with Crippen molar-refractivity contribution in [2.24, 2.45) is 0 Å². The lowest BCUT2D eigenvalue weighted by molar-refractivity contribution is -0.140. The van der Waals surface area contributed by atoms with Crippen molar-refractivity contribution in [1.82, 2.24) is 0 Å². The van der Waals surface area contributed by atoms with E-state index in [1.807, 2.05) is 0 Å². The Balaban J connectivity index is 2.10. The molecule has 0 bridgehead atoms. The third-order valence-electron chi connectivity index (χ3n) is 3.09. The highest BCUT2D eigenvalue weighted by Crippen LogP contribution is 2.27. The Bertz CT molecular complexity index is 691. The van der Waals surface area contributed by atoms with E-state index in [9.17, 15) is 14.7 Å². The Morgan fingerprint density at radius 3 is 2.45 bits per heavy atom. The molecule has 6 heteroatoms. The minimum absolute atomic E-state index is 0.161. The second kappa shape index (κ2) is 7.42. The normalized spacial score (nSPS) is 11.7. The number of hydrogen-bond donors (Lipinski definition) is 2. The maximum absolute atomic E-state index is 12.1. The number of anilines is 1. The van der Waals surface area contributed by atoms with Gasteiger partial charge in [0, 0.05) is 10.9 Å². The molecule has 0 saturated heterocycles. The van der Waals surface area contributed by atoms with E-state index in [1.165, 1.54) is 0 Å². The summed E-state index contributed by atoms with van der Waals surface area (Å²) in [5, 5.41) is 12.3. The Labute approximate surface area is 141 Å². The van der Waals surface area contributed by atoms with Crippen LogP contribution in [0.1, 0.15) is 17.9 Å². The summed E-state index contributed by atoms with van der Waals surface area (Å²) in [4.78, 5) is 23.5. The van der Waals surface area contributed by atoms with Crippen molar-refractivity contribution < 1.29 is 14.7 Å². The molecule has 0 spiro atoms. The van der Waals surface area contributed by atoms with Crippen LogP contribution in [-0.2, 0) is 9.59 Å². The maximum atomic E-state index is 12.1. The Morgan fingerprint density at radius 1 is 1.18 bits per heavy atom. The number of amides is 1. The average Bonchev–Trinajstić information content (AvgIpc) is 2.48. The van der Waals surface area contributed by atoms with Gasteiger partial charge in [0.25, 0.3) is 0 Å². The smallest absolute Gasteiger partial charge is 0.311 e. The Morgan fingerprint density at radius 2 is 1.86 bits per heavy atom. The molecule has 2 N–H and O–H groups in total. The number of carboxylic acid groups (broad SMARTS) is 1. The summed E-state index contributed by atoms with van der Waals surface area (Å²) in [6.45, 7) is 0. The first-order valence-corrected chi connectivity index (χ1v) is 7.67. The molecule has 1 unspecified atom stereocenters. The van der Waals surface area contributed by atoms with Gasteiger partial charge in [0.1, 0.15) is 0 Å². The molecule has 0 saturated carbocycles. The highest BCUT2D eigenvalue weighted by Gasteiger charge is 2.23. The Hall–Kier alpha value is -1.85. The van der Waals surface area contributed by atoms with Gasteiger partial charge >= 0.3 is 5.97 Å². The number of hydrogen-bond acceptors (Lipinski definition) is 2. The highest BCUT2D eigenvalue weighted by atomic mass is 79.9. The van der Waals surface area contributed by atoms with Gasteiger partial charge in [-0.3, -0.25) is 9.59 Å². The molecule has 1 atom stereocenters. The zero-order valence-corrected chi connectivity index (χ0v) is 13.8. The van der Waals surface area contributed by atoms with Gasteiger partial charge in [-0.15, -0.1) is 0 Å². The molecule has 22 heavy (non-hydrogen) atoms. The number of rotatable bonds is 5. The number of benzene rings is 2. The zero-order valence-electron chi connectivity index (χ0n) is 11.4. The summed E-state index contributed by atoms with van der Waals surface area (Å²) in [7, 11) is 0. The topological polar surface area (TPSA) is 66.4 Å². The van der Waals surface area contributed by atoms with Crippen LogP contribution in [0.3, 0.4) is 0 Å². The fourth-order valence-electron chi connectivity index (χ4n) is 2.01. The third-order valence-corrected chi connectivity index (χ3v) is 3.90. The lowest BCUT2D eigenvalue weighted by Crippen LogP contribution is -2.21. The Kier molecular flexibility index (Phi) is 5.57. The summed E-state index contributed by atoms with van der Waals surface area (Å²) in [5.74, 6) is -2.33. The van der Waals surface area contributed by atoms with Crippen molar-refractivity contribution in [3.63, 3.8) is 0 Å². The number of carbonyl (C=O) groups is 2. The van der Waals surface area contributed by atoms with Gasteiger partial charge in [0.2, 0.25) is 5.91 Å². The van der Waals surface area contributed by atoms with E-state index < -0.39 is 17.8 Å². The second-order valence-electron chi connectivity index (χ2n) is 4.68. The van der Waals surface area contributed by atoms with E-state index in [4.69, 9.17) is 11.6 Å². The molecule has 0 aliphatic carbocycles. The number of aliphatic carboxylic acids is 1. The van der Waals surface area contributed by atoms with Gasteiger partial charge in [0.05, 0.1) is 16.6 Å². The van der Waals surface area contributed by atoms with Crippen LogP contribution in [0, 0.1) is 0 Å². The van der Waals surface area contributed by atoms with E-state index in [2.05, 4.69) is 21.2 Å². The first-order chi connectivity index (χ1) is 10.5. The number of carboxylic acids is 1. The van der Waals surface area contributed by atoms with Crippen molar-refractivity contribution in [2.45, 2.75) is 12.3 Å². The van der Waals surface area contributed by atoms with E-state index in [0.29, 0.717) is 16.3 Å². The predicted molar refractivity (Wildman–Crippen MR) is 89.2 cm³/mol. The van der Waals surface area contributed by atoms with Crippen LogP contribution in [0.2, 0.25) is 5.02 Å². The number of nitrogens with one attached hydrogen (secondary N) is 1. The van der Waals surface area contributed by atoms with Crippen molar-refractivity contribution in [3.8, 4) is 0 Å². The molecule has 4 nitrogen and oxygen atoms in total. The fraction of sp³-hybridized carbons (Fsp3) is 0.125. The quantitative estimate of drug-likeness (QED) is 0.810. The second-order valence-corrected chi connectivity index (χ2v) is 6.00. The zero-order chi connectivity index (χ0) is 16.1. The van der Waals surface area contributed by atoms with Gasteiger partial charge in [-0.2, -0.15) is 0 Å². The van der Waals surface area contributed by atoms with Crippen molar-refractivity contribution in [2.75, 3.05) is 5.32 Å². The molecule has 114 valence electrons. The first-order valence-electron chi connectivity index (χ1n) is 6.50. The van der Waals surface area contributed by atoms with E-state index >= 15 is 0 Å². The van der Waals surface area contributed by atoms with Crippen molar-refractivity contribution in [1.29, 1.82) is 0 Å². The summed E-state index contributed by atoms with van der Waals surface area (Å²) in [5.41, 5.74) is 1.04. The summed E-state index contributed by atoms with van der Waals surface area (Å²) in [6.07, 6.45) is -0.161. The van der Waals surface area contributed by atoms with Gasteiger partial charge in [-0.1, -0.05) is 57.9 Å². The molecule has 0 fully saturated rings. The monoisotopic (exact) mass is 381 g/mol. The maximum Gasteiger partial charge on any atom is 0.311 e. The summed E-state index contributed by atoms with van der Waals surface area (Å²) >= 11 is 9.31. The molecule has 0 radical (unpaired) electrons. The lowest BCUT2D eigenvalue weighted by Gasteiger charge is -2.13. The number of halogens is 2. The minimum Gasteiger partial charge on any atom is -0.481 e. The van der Waals surface area contributed by atoms with Crippen LogP contribution in [0.25, 0.3) is 0 Å². The van der Waals surface area contributed by atoms with E-state index in [0.717, 1.165) is 4.47 Å². The van der Waals surface area contributed by atoms with Crippen LogP contribution in [0.5, 0.6) is 0 Å². The molecular weight excluding hydrogens is 370 g/mol. The van der Waals surface area contributed by atoms with Crippen LogP contribution < -0.4 is 5.32 Å².